The normalized spacial score (nSPS) is 17.0. The van der Waals surface area contributed by atoms with Crippen molar-refractivity contribution >= 4 is 5.71 Å². The summed E-state index contributed by atoms with van der Waals surface area (Å²) in [5.41, 5.74) is 1.79. The number of benzene rings is 2. The fourth-order valence-electron chi connectivity index (χ4n) is 3.51. The Balaban J connectivity index is 1.63. The second-order valence-electron chi connectivity index (χ2n) is 8.49. The van der Waals surface area contributed by atoms with E-state index in [4.69, 9.17) is 9.57 Å². The van der Waals surface area contributed by atoms with E-state index in [2.05, 4.69) is 5.16 Å². The van der Waals surface area contributed by atoms with Crippen molar-refractivity contribution in [2.24, 2.45) is 11.1 Å². The minimum atomic E-state index is -0.781. The summed E-state index contributed by atoms with van der Waals surface area (Å²) in [6, 6.07) is 9.46. The van der Waals surface area contributed by atoms with Gasteiger partial charge in [-0.05, 0) is 29.7 Å². The van der Waals surface area contributed by atoms with Gasteiger partial charge >= 0.3 is 0 Å². The molecule has 0 fully saturated rings. The molecule has 2 aromatic carbocycles. The van der Waals surface area contributed by atoms with E-state index in [1.54, 1.807) is 12.1 Å². The van der Waals surface area contributed by atoms with Crippen LogP contribution in [0.4, 0.5) is 13.2 Å². The molecule has 0 amide bonds. The average Bonchev–Trinajstić information content (AvgIpc) is 3.18. The standard InChI is InChI=1S/C24H29F3N2O3/c1-16(2)14-31-15-21(30)12-29(11-18-5-8-20(26)9-23(18)27)13-22-10-24(28-32-22)17-3-6-19(25)7-4-17/h3-9,16,21-22,30H,10-15H2,1-2H3/t21-,22-/m1/s1. The molecule has 0 saturated heterocycles. The summed E-state index contributed by atoms with van der Waals surface area (Å²) >= 11 is 0. The summed E-state index contributed by atoms with van der Waals surface area (Å²) < 4.78 is 46.2. The lowest BCUT2D eigenvalue weighted by Gasteiger charge is -2.27. The number of oxime groups is 1. The zero-order valence-electron chi connectivity index (χ0n) is 18.3. The SMILES string of the molecule is CC(C)COC[C@H](O)CN(Cc1ccc(F)cc1F)C[C@H]1CC(c2ccc(F)cc2)=NO1. The predicted octanol–water partition coefficient (Wildman–Crippen LogP) is 4.13. The van der Waals surface area contributed by atoms with Crippen LogP contribution in [0.1, 0.15) is 31.4 Å². The maximum atomic E-state index is 14.2. The van der Waals surface area contributed by atoms with Crippen molar-refractivity contribution in [1.82, 2.24) is 4.90 Å². The monoisotopic (exact) mass is 450 g/mol. The lowest BCUT2D eigenvalue weighted by atomic mass is 10.0. The summed E-state index contributed by atoms with van der Waals surface area (Å²) in [7, 11) is 0. The Labute approximate surface area is 186 Å². The van der Waals surface area contributed by atoms with Crippen LogP contribution in [0, 0.1) is 23.4 Å². The molecule has 3 rings (SSSR count). The Morgan fingerprint density at radius 2 is 1.81 bits per heavy atom. The van der Waals surface area contributed by atoms with Crippen molar-refractivity contribution in [1.29, 1.82) is 0 Å². The molecule has 1 N–H and O–H groups in total. The Morgan fingerprint density at radius 3 is 2.50 bits per heavy atom. The summed E-state index contributed by atoms with van der Waals surface area (Å²) in [6.07, 6.45) is -0.605. The Morgan fingerprint density at radius 1 is 1.09 bits per heavy atom. The number of nitrogens with zero attached hydrogens (tertiary/aromatic N) is 2. The lowest BCUT2D eigenvalue weighted by molar-refractivity contribution is -0.00756. The first-order valence-electron chi connectivity index (χ1n) is 10.7. The maximum Gasteiger partial charge on any atom is 0.145 e. The molecule has 0 unspecified atom stereocenters. The molecular formula is C24H29F3N2O3. The Bertz CT molecular complexity index is 906. The van der Waals surface area contributed by atoms with E-state index in [1.807, 2.05) is 18.7 Å². The van der Waals surface area contributed by atoms with E-state index in [-0.39, 0.29) is 31.6 Å². The minimum Gasteiger partial charge on any atom is -0.390 e. The first kappa shape index (κ1) is 24.2. The van der Waals surface area contributed by atoms with E-state index in [0.29, 0.717) is 36.8 Å². The molecule has 2 aromatic rings. The molecule has 0 spiro atoms. The van der Waals surface area contributed by atoms with Crippen LogP contribution in [-0.2, 0) is 16.1 Å². The summed E-state index contributed by atoms with van der Waals surface area (Å²) in [5.74, 6) is -1.26. The fraction of sp³-hybridized carbons (Fsp3) is 0.458. The maximum absolute atomic E-state index is 14.2. The second-order valence-corrected chi connectivity index (χ2v) is 8.49. The Kier molecular flexibility index (Phi) is 8.67. The van der Waals surface area contributed by atoms with Crippen LogP contribution >= 0.6 is 0 Å². The minimum absolute atomic E-state index is 0.156. The number of hydrogen-bond donors (Lipinski definition) is 1. The highest BCUT2D eigenvalue weighted by atomic mass is 19.1. The predicted molar refractivity (Wildman–Crippen MR) is 116 cm³/mol. The summed E-state index contributed by atoms with van der Waals surface area (Å²) in [5, 5.41) is 14.5. The molecular weight excluding hydrogens is 421 g/mol. The molecule has 1 aliphatic rings. The van der Waals surface area contributed by atoms with Gasteiger partial charge in [0.25, 0.3) is 0 Å². The number of halogens is 3. The zero-order chi connectivity index (χ0) is 23.1. The third-order valence-corrected chi connectivity index (χ3v) is 5.01. The van der Waals surface area contributed by atoms with Crippen molar-refractivity contribution in [3.8, 4) is 0 Å². The van der Waals surface area contributed by atoms with Crippen LogP contribution in [0.25, 0.3) is 0 Å². The number of aliphatic hydroxyl groups is 1. The van der Waals surface area contributed by atoms with Crippen LogP contribution in [0.15, 0.2) is 47.6 Å². The van der Waals surface area contributed by atoms with Crippen molar-refractivity contribution in [3.63, 3.8) is 0 Å². The van der Waals surface area contributed by atoms with Crippen molar-refractivity contribution in [2.45, 2.75) is 39.0 Å². The van der Waals surface area contributed by atoms with Crippen LogP contribution in [0.2, 0.25) is 0 Å². The van der Waals surface area contributed by atoms with Gasteiger partial charge in [-0.1, -0.05) is 37.2 Å². The van der Waals surface area contributed by atoms with Gasteiger partial charge in [0.2, 0.25) is 0 Å². The lowest BCUT2D eigenvalue weighted by Crippen LogP contribution is -2.39. The van der Waals surface area contributed by atoms with Gasteiger partial charge < -0.3 is 14.7 Å². The van der Waals surface area contributed by atoms with Gasteiger partial charge in [-0.3, -0.25) is 4.90 Å². The zero-order valence-corrected chi connectivity index (χ0v) is 18.3. The van der Waals surface area contributed by atoms with Crippen molar-refractivity contribution in [2.75, 3.05) is 26.3 Å². The van der Waals surface area contributed by atoms with Crippen LogP contribution in [0.5, 0.6) is 0 Å². The summed E-state index contributed by atoms with van der Waals surface area (Å²) in [6.45, 7) is 5.48. The third kappa shape index (κ3) is 7.32. The van der Waals surface area contributed by atoms with Crippen LogP contribution in [-0.4, -0.2) is 54.2 Å². The van der Waals surface area contributed by atoms with Crippen molar-refractivity contribution < 1.29 is 27.9 Å². The Hall–Kier alpha value is -2.42. The highest BCUT2D eigenvalue weighted by Gasteiger charge is 2.26. The largest absolute Gasteiger partial charge is 0.390 e. The molecule has 0 radical (unpaired) electrons. The van der Waals surface area contributed by atoms with E-state index < -0.39 is 17.7 Å². The van der Waals surface area contributed by atoms with Crippen molar-refractivity contribution in [3.05, 3.63) is 71.0 Å². The highest BCUT2D eigenvalue weighted by molar-refractivity contribution is 6.01. The van der Waals surface area contributed by atoms with Crippen LogP contribution < -0.4 is 0 Å². The molecule has 32 heavy (non-hydrogen) atoms. The van der Waals surface area contributed by atoms with Gasteiger partial charge in [0.15, 0.2) is 0 Å². The van der Waals surface area contributed by atoms with E-state index in [1.165, 1.54) is 24.3 Å². The quantitative estimate of drug-likeness (QED) is 0.559. The first-order valence-corrected chi connectivity index (χ1v) is 10.7. The van der Waals surface area contributed by atoms with E-state index in [0.717, 1.165) is 11.6 Å². The highest BCUT2D eigenvalue weighted by Crippen LogP contribution is 2.20. The van der Waals surface area contributed by atoms with Gasteiger partial charge in [-0.2, -0.15) is 0 Å². The van der Waals surface area contributed by atoms with Gasteiger partial charge in [0.05, 0.1) is 18.4 Å². The van der Waals surface area contributed by atoms with E-state index >= 15 is 0 Å². The molecule has 0 aliphatic carbocycles. The van der Waals surface area contributed by atoms with E-state index in [9.17, 15) is 18.3 Å². The molecule has 0 saturated carbocycles. The number of hydrogen-bond acceptors (Lipinski definition) is 5. The molecule has 2 atom stereocenters. The molecule has 0 aromatic heterocycles. The molecule has 8 heteroatoms. The molecule has 5 nitrogen and oxygen atoms in total. The smallest absolute Gasteiger partial charge is 0.145 e. The number of ether oxygens (including phenoxy) is 1. The topological polar surface area (TPSA) is 54.3 Å². The molecule has 174 valence electrons. The molecule has 1 aliphatic heterocycles. The van der Waals surface area contributed by atoms with Gasteiger partial charge in [-0.25, -0.2) is 13.2 Å². The van der Waals surface area contributed by atoms with Gasteiger partial charge in [0, 0.05) is 44.3 Å². The van der Waals surface area contributed by atoms with Gasteiger partial charge in [0.1, 0.15) is 23.6 Å². The van der Waals surface area contributed by atoms with Crippen LogP contribution in [0.3, 0.4) is 0 Å². The second kappa shape index (κ2) is 11.4. The molecule has 0 bridgehead atoms. The average molecular weight is 451 g/mol. The summed E-state index contributed by atoms with van der Waals surface area (Å²) in [4.78, 5) is 7.39. The fourth-order valence-corrected chi connectivity index (χ4v) is 3.51. The first-order chi connectivity index (χ1) is 15.3. The molecule has 1 heterocycles. The number of aliphatic hydroxyl groups excluding tert-OH is 1. The number of rotatable bonds is 11. The third-order valence-electron chi connectivity index (χ3n) is 5.01. The van der Waals surface area contributed by atoms with Gasteiger partial charge in [-0.15, -0.1) is 0 Å².